The fourth-order valence-corrected chi connectivity index (χ4v) is 1.42. The van der Waals surface area contributed by atoms with Gasteiger partial charge in [-0.2, -0.15) is 5.10 Å². The third-order valence-electron chi connectivity index (χ3n) is 1.88. The molecule has 1 aliphatic rings. The lowest BCUT2D eigenvalue weighted by Crippen LogP contribution is -2.20. The summed E-state index contributed by atoms with van der Waals surface area (Å²) in [6.07, 6.45) is 5.69. The first-order valence-electron chi connectivity index (χ1n) is 3.92. The van der Waals surface area contributed by atoms with Crippen molar-refractivity contribution >= 4 is 22.5 Å². The molecule has 0 amide bonds. The van der Waals surface area contributed by atoms with E-state index >= 15 is 0 Å². The monoisotopic (exact) mass is 185 g/mol. The molecule has 0 fully saturated rings. The van der Waals surface area contributed by atoms with Gasteiger partial charge in [0.1, 0.15) is 5.71 Å². The van der Waals surface area contributed by atoms with Crippen molar-refractivity contribution < 1.29 is 0 Å². The molecule has 1 unspecified atom stereocenters. The molecule has 2 N–H and O–H groups in total. The van der Waals surface area contributed by atoms with Crippen molar-refractivity contribution in [2.45, 2.75) is 19.8 Å². The summed E-state index contributed by atoms with van der Waals surface area (Å²) in [5.41, 5.74) is 0.695. The van der Waals surface area contributed by atoms with E-state index in [9.17, 15) is 0 Å². The Balaban J connectivity index is 2.91. The fourth-order valence-electron chi connectivity index (χ4n) is 1.13. The Bertz CT molecular complexity index is 243. The Morgan fingerprint density at radius 2 is 2.50 bits per heavy atom. The Morgan fingerprint density at radius 1 is 1.75 bits per heavy atom. The summed E-state index contributed by atoms with van der Waals surface area (Å²) in [5.74, 6) is 5.49. The molecule has 1 atom stereocenters. The van der Waals surface area contributed by atoms with E-state index in [0.717, 1.165) is 12.8 Å². The number of rotatable bonds is 0. The van der Waals surface area contributed by atoms with E-state index in [4.69, 9.17) is 17.4 Å². The zero-order chi connectivity index (χ0) is 8.97. The van der Waals surface area contributed by atoms with Gasteiger partial charge in [0.05, 0.1) is 0 Å². The minimum atomic E-state index is 0.288. The van der Waals surface area contributed by atoms with Crippen LogP contribution in [-0.4, -0.2) is 10.9 Å². The van der Waals surface area contributed by atoms with Gasteiger partial charge < -0.3 is 5.84 Å². The topological polar surface area (TPSA) is 50.7 Å². The summed E-state index contributed by atoms with van der Waals surface area (Å²) >= 11 is 5.84. The molecule has 0 aromatic carbocycles. The molecule has 0 aromatic heterocycles. The minimum absolute atomic E-state index is 0.288. The SMILES string of the molecule is CC1CC\C=C/N=C(Cl)\C1=N/N. The second kappa shape index (κ2) is 4.26. The third kappa shape index (κ3) is 2.08. The number of nitrogens with two attached hydrogens (primary N) is 1. The molecule has 4 heteroatoms. The van der Waals surface area contributed by atoms with Crippen molar-refractivity contribution in [1.82, 2.24) is 0 Å². The maximum absolute atomic E-state index is 5.84. The van der Waals surface area contributed by atoms with Gasteiger partial charge in [0, 0.05) is 12.1 Å². The molecular weight excluding hydrogens is 174 g/mol. The predicted octanol–water partition coefficient (Wildman–Crippen LogP) is 1.88. The summed E-state index contributed by atoms with van der Waals surface area (Å²) in [4.78, 5) is 3.98. The lowest BCUT2D eigenvalue weighted by molar-refractivity contribution is 0.695. The van der Waals surface area contributed by atoms with Crippen LogP contribution < -0.4 is 5.84 Å². The van der Waals surface area contributed by atoms with Crippen molar-refractivity contribution in [1.29, 1.82) is 0 Å². The second-order valence-corrected chi connectivity index (χ2v) is 3.16. The van der Waals surface area contributed by atoms with Crippen LogP contribution in [0.15, 0.2) is 22.4 Å². The van der Waals surface area contributed by atoms with E-state index in [1.54, 1.807) is 6.20 Å². The Morgan fingerprint density at radius 3 is 3.17 bits per heavy atom. The Hall–Kier alpha value is -0.830. The molecule has 12 heavy (non-hydrogen) atoms. The Labute approximate surface area is 77.0 Å². The van der Waals surface area contributed by atoms with Crippen LogP contribution in [0.5, 0.6) is 0 Å². The first-order chi connectivity index (χ1) is 5.75. The summed E-state index contributed by atoms with van der Waals surface area (Å²) in [6, 6.07) is 0. The van der Waals surface area contributed by atoms with Crippen molar-refractivity contribution in [3.8, 4) is 0 Å². The quantitative estimate of drug-likeness (QED) is 0.455. The van der Waals surface area contributed by atoms with Gasteiger partial charge in [0.2, 0.25) is 0 Å². The van der Waals surface area contributed by atoms with Crippen LogP contribution >= 0.6 is 11.6 Å². The smallest absolute Gasteiger partial charge is 0.152 e. The zero-order valence-electron chi connectivity index (χ0n) is 7.00. The van der Waals surface area contributed by atoms with Crippen LogP contribution in [0.25, 0.3) is 0 Å². The van der Waals surface area contributed by atoms with Crippen molar-refractivity contribution in [3.63, 3.8) is 0 Å². The normalized spacial score (nSPS) is 35.0. The van der Waals surface area contributed by atoms with Crippen molar-refractivity contribution in [2.75, 3.05) is 0 Å². The van der Waals surface area contributed by atoms with Crippen LogP contribution in [0.1, 0.15) is 19.8 Å². The fraction of sp³-hybridized carbons (Fsp3) is 0.500. The summed E-state index contributed by atoms with van der Waals surface area (Å²) in [7, 11) is 0. The number of aliphatic imine (C=N–C) groups is 1. The highest BCUT2D eigenvalue weighted by Gasteiger charge is 2.15. The first kappa shape index (κ1) is 9.26. The number of nitrogens with zero attached hydrogens (tertiary/aromatic N) is 2. The van der Waals surface area contributed by atoms with Crippen LogP contribution in [-0.2, 0) is 0 Å². The molecule has 1 aliphatic heterocycles. The molecule has 0 bridgehead atoms. The van der Waals surface area contributed by atoms with Gasteiger partial charge in [0.25, 0.3) is 0 Å². The maximum Gasteiger partial charge on any atom is 0.152 e. The van der Waals surface area contributed by atoms with E-state index in [1.165, 1.54) is 0 Å². The number of allylic oxidation sites excluding steroid dienone is 1. The van der Waals surface area contributed by atoms with Crippen molar-refractivity contribution in [3.05, 3.63) is 12.3 Å². The number of hydrogen-bond donors (Lipinski definition) is 1. The molecule has 0 spiro atoms. The van der Waals surface area contributed by atoms with E-state index in [0.29, 0.717) is 10.9 Å². The highest BCUT2D eigenvalue weighted by atomic mass is 35.5. The average Bonchev–Trinajstić information content (AvgIpc) is 2.02. The van der Waals surface area contributed by atoms with Gasteiger partial charge in [-0.1, -0.05) is 24.6 Å². The standard InChI is InChI=1S/C8H12ClN3/c1-6-4-2-3-5-11-8(9)7(6)12-10/h3,5-6H,2,4,10H2,1H3/b5-3-,11-8+,12-7-. The van der Waals surface area contributed by atoms with E-state index < -0.39 is 0 Å². The zero-order valence-corrected chi connectivity index (χ0v) is 7.75. The van der Waals surface area contributed by atoms with Crippen LogP contribution in [0.4, 0.5) is 0 Å². The van der Waals surface area contributed by atoms with Gasteiger partial charge in [-0.05, 0) is 12.8 Å². The molecule has 1 rings (SSSR count). The first-order valence-corrected chi connectivity index (χ1v) is 4.30. The third-order valence-corrected chi connectivity index (χ3v) is 2.17. The molecule has 0 aliphatic carbocycles. The molecule has 0 saturated carbocycles. The largest absolute Gasteiger partial charge is 0.323 e. The highest BCUT2D eigenvalue weighted by Crippen LogP contribution is 2.13. The van der Waals surface area contributed by atoms with Crippen LogP contribution in [0, 0.1) is 5.92 Å². The molecule has 0 aromatic rings. The Kier molecular flexibility index (Phi) is 3.29. The van der Waals surface area contributed by atoms with E-state index in [-0.39, 0.29) is 5.92 Å². The van der Waals surface area contributed by atoms with Gasteiger partial charge in [-0.15, -0.1) is 0 Å². The molecule has 0 saturated heterocycles. The van der Waals surface area contributed by atoms with Gasteiger partial charge in [-0.25, -0.2) is 4.99 Å². The van der Waals surface area contributed by atoms with Gasteiger partial charge in [0.15, 0.2) is 5.17 Å². The summed E-state index contributed by atoms with van der Waals surface area (Å²) in [6.45, 7) is 2.04. The average molecular weight is 186 g/mol. The summed E-state index contributed by atoms with van der Waals surface area (Å²) in [5, 5.41) is 4.03. The number of halogens is 1. The van der Waals surface area contributed by atoms with E-state index in [1.807, 2.05) is 13.0 Å². The van der Waals surface area contributed by atoms with Crippen LogP contribution in [0.3, 0.4) is 0 Å². The van der Waals surface area contributed by atoms with Gasteiger partial charge in [-0.3, -0.25) is 0 Å². The second-order valence-electron chi connectivity index (χ2n) is 2.80. The predicted molar refractivity (Wildman–Crippen MR) is 52.4 cm³/mol. The van der Waals surface area contributed by atoms with Gasteiger partial charge >= 0.3 is 0 Å². The minimum Gasteiger partial charge on any atom is -0.323 e. The van der Waals surface area contributed by atoms with Crippen LogP contribution in [0.2, 0.25) is 0 Å². The van der Waals surface area contributed by atoms with Crippen molar-refractivity contribution in [2.24, 2.45) is 21.9 Å². The molecular formula is C8H12ClN3. The lowest BCUT2D eigenvalue weighted by Gasteiger charge is -2.12. The van der Waals surface area contributed by atoms with E-state index in [2.05, 4.69) is 10.1 Å². The number of hydrogen-bond acceptors (Lipinski definition) is 3. The highest BCUT2D eigenvalue weighted by molar-refractivity contribution is 6.84. The lowest BCUT2D eigenvalue weighted by atomic mass is 10.00. The molecule has 1 heterocycles. The molecule has 66 valence electrons. The maximum atomic E-state index is 5.84. The molecule has 3 nitrogen and oxygen atoms in total. The number of hydrazone groups is 1. The summed E-state index contributed by atoms with van der Waals surface area (Å²) < 4.78 is 0. The molecule has 0 radical (unpaired) electrons.